The fourth-order valence-electron chi connectivity index (χ4n) is 3.01. The van der Waals surface area contributed by atoms with Crippen molar-refractivity contribution in [2.75, 3.05) is 7.05 Å². The lowest BCUT2D eigenvalue weighted by Gasteiger charge is -2.17. The van der Waals surface area contributed by atoms with E-state index < -0.39 is 11.2 Å². The average molecular weight is 368 g/mol. The van der Waals surface area contributed by atoms with Crippen molar-refractivity contribution in [3.8, 4) is 11.1 Å². The lowest BCUT2D eigenvalue weighted by atomic mass is 10.0. The molecule has 0 aliphatic rings. The van der Waals surface area contributed by atoms with Gasteiger partial charge in [-0.05, 0) is 38.5 Å². The predicted molar refractivity (Wildman–Crippen MR) is 99.6 cm³/mol. The van der Waals surface area contributed by atoms with Gasteiger partial charge in [0.25, 0.3) is 11.5 Å². The van der Waals surface area contributed by atoms with E-state index in [9.17, 15) is 14.4 Å². The Hall–Kier alpha value is -3.42. The number of carbonyl (C=O) groups is 1. The Labute approximate surface area is 154 Å². The van der Waals surface area contributed by atoms with E-state index in [4.69, 9.17) is 4.52 Å². The molecule has 1 amide bonds. The first-order valence-corrected chi connectivity index (χ1v) is 8.38. The van der Waals surface area contributed by atoms with Crippen LogP contribution in [0.2, 0.25) is 0 Å². The molecule has 0 atom stereocenters. The lowest BCUT2D eigenvalue weighted by Crippen LogP contribution is -2.27. The van der Waals surface area contributed by atoms with Crippen LogP contribution in [-0.2, 0) is 6.54 Å². The molecule has 2 aromatic heterocycles. The number of nitrogens with zero attached hydrogens (tertiary/aromatic N) is 2. The quantitative estimate of drug-likeness (QED) is 0.731. The monoisotopic (exact) mass is 368 g/mol. The third-order valence-corrected chi connectivity index (χ3v) is 4.45. The zero-order valence-electron chi connectivity index (χ0n) is 15.5. The molecule has 0 fully saturated rings. The number of aromatic amines is 2. The van der Waals surface area contributed by atoms with Gasteiger partial charge in [0.05, 0.1) is 17.8 Å². The fraction of sp³-hybridized carbons (Fsp3) is 0.263. The molecule has 0 bridgehead atoms. The molecule has 0 aliphatic carbocycles. The SMILES string of the molecule is Cc1noc(C)c1CN(C)C(=O)c1cccc(-c2c(C)[nH]c(=O)[nH]c2=O)c1. The first-order chi connectivity index (χ1) is 12.8. The maximum Gasteiger partial charge on any atom is 0.325 e. The number of nitrogens with one attached hydrogen (secondary N) is 2. The second-order valence-corrected chi connectivity index (χ2v) is 6.45. The zero-order valence-corrected chi connectivity index (χ0v) is 15.5. The molecule has 0 unspecified atom stereocenters. The molecule has 2 N–H and O–H groups in total. The molecule has 0 saturated heterocycles. The number of benzene rings is 1. The third kappa shape index (κ3) is 3.59. The van der Waals surface area contributed by atoms with Gasteiger partial charge in [0.1, 0.15) is 5.76 Å². The first-order valence-electron chi connectivity index (χ1n) is 8.38. The summed E-state index contributed by atoms with van der Waals surface area (Å²) < 4.78 is 5.14. The third-order valence-electron chi connectivity index (χ3n) is 4.45. The van der Waals surface area contributed by atoms with Crippen LogP contribution in [0.1, 0.15) is 33.1 Å². The van der Waals surface area contributed by atoms with Crippen LogP contribution in [0.4, 0.5) is 0 Å². The Morgan fingerprint density at radius 1 is 1.19 bits per heavy atom. The zero-order chi connectivity index (χ0) is 19.7. The van der Waals surface area contributed by atoms with Gasteiger partial charge in [0, 0.05) is 23.9 Å². The molecule has 1 aromatic carbocycles. The second-order valence-electron chi connectivity index (χ2n) is 6.45. The minimum absolute atomic E-state index is 0.199. The lowest BCUT2D eigenvalue weighted by molar-refractivity contribution is 0.0784. The van der Waals surface area contributed by atoms with Crippen LogP contribution in [0.15, 0.2) is 38.4 Å². The normalized spacial score (nSPS) is 10.8. The predicted octanol–water partition coefficient (Wildman–Crippen LogP) is 1.92. The molecule has 0 spiro atoms. The Kier molecular flexibility index (Phi) is 4.81. The highest BCUT2D eigenvalue weighted by Crippen LogP contribution is 2.21. The Morgan fingerprint density at radius 3 is 2.56 bits per heavy atom. The van der Waals surface area contributed by atoms with Gasteiger partial charge in [-0.25, -0.2) is 4.79 Å². The molecule has 0 saturated carbocycles. The summed E-state index contributed by atoms with van der Waals surface area (Å²) in [5, 5.41) is 3.90. The van der Waals surface area contributed by atoms with Gasteiger partial charge in [-0.15, -0.1) is 0 Å². The van der Waals surface area contributed by atoms with E-state index in [0.29, 0.717) is 34.7 Å². The van der Waals surface area contributed by atoms with E-state index in [2.05, 4.69) is 15.1 Å². The van der Waals surface area contributed by atoms with Crippen LogP contribution in [0, 0.1) is 20.8 Å². The molecule has 8 heteroatoms. The first kappa shape index (κ1) is 18.4. The summed E-state index contributed by atoms with van der Waals surface area (Å²) >= 11 is 0. The summed E-state index contributed by atoms with van der Waals surface area (Å²) in [6.07, 6.45) is 0. The van der Waals surface area contributed by atoms with Crippen LogP contribution in [0.3, 0.4) is 0 Å². The highest BCUT2D eigenvalue weighted by molar-refractivity contribution is 5.95. The summed E-state index contributed by atoms with van der Waals surface area (Å²) in [6, 6.07) is 6.75. The maximum atomic E-state index is 12.8. The highest BCUT2D eigenvalue weighted by atomic mass is 16.5. The average Bonchev–Trinajstić information content (AvgIpc) is 2.92. The summed E-state index contributed by atoms with van der Waals surface area (Å²) in [5.41, 5.74) is 2.33. The van der Waals surface area contributed by atoms with Gasteiger partial charge >= 0.3 is 5.69 Å². The highest BCUT2D eigenvalue weighted by Gasteiger charge is 2.18. The van der Waals surface area contributed by atoms with Gasteiger partial charge in [-0.3, -0.25) is 14.6 Å². The van der Waals surface area contributed by atoms with Crippen molar-refractivity contribution in [1.82, 2.24) is 20.0 Å². The Bertz CT molecular complexity index is 1100. The summed E-state index contributed by atoms with van der Waals surface area (Å²) in [5.74, 6) is 0.478. The fourth-order valence-corrected chi connectivity index (χ4v) is 3.01. The van der Waals surface area contributed by atoms with E-state index in [1.165, 1.54) is 0 Å². The number of hydrogen-bond donors (Lipinski definition) is 2. The van der Waals surface area contributed by atoms with E-state index in [1.807, 2.05) is 6.92 Å². The summed E-state index contributed by atoms with van der Waals surface area (Å²) in [6.45, 7) is 5.64. The van der Waals surface area contributed by atoms with Crippen molar-refractivity contribution >= 4 is 5.91 Å². The number of H-pyrrole nitrogens is 2. The molecule has 0 aliphatic heterocycles. The van der Waals surface area contributed by atoms with Crippen LogP contribution in [0.5, 0.6) is 0 Å². The Balaban J connectivity index is 1.93. The van der Waals surface area contributed by atoms with Crippen molar-refractivity contribution < 1.29 is 9.32 Å². The van der Waals surface area contributed by atoms with Crippen LogP contribution in [-0.4, -0.2) is 33.0 Å². The number of carbonyl (C=O) groups excluding carboxylic acids is 1. The van der Waals surface area contributed by atoms with Gasteiger partial charge < -0.3 is 14.4 Å². The molecule has 3 rings (SSSR count). The van der Waals surface area contributed by atoms with Crippen LogP contribution in [0.25, 0.3) is 11.1 Å². The van der Waals surface area contributed by atoms with Gasteiger partial charge in [0.15, 0.2) is 0 Å². The number of aryl methyl sites for hydroxylation is 3. The number of amides is 1. The summed E-state index contributed by atoms with van der Waals surface area (Å²) in [7, 11) is 1.69. The van der Waals surface area contributed by atoms with E-state index in [0.717, 1.165) is 11.3 Å². The molecule has 3 aromatic rings. The molecule has 8 nitrogen and oxygen atoms in total. The van der Waals surface area contributed by atoms with Gasteiger partial charge in [-0.2, -0.15) is 0 Å². The van der Waals surface area contributed by atoms with E-state index >= 15 is 0 Å². The molecular weight excluding hydrogens is 348 g/mol. The van der Waals surface area contributed by atoms with Crippen molar-refractivity contribution in [2.45, 2.75) is 27.3 Å². The number of aromatic nitrogens is 3. The molecule has 140 valence electrons. The maximum absolute atomic E-state index is 12.8. The molecule has 0 radical (unpaired) electrons. The van der Waals surface area contributed by atoms with Crippen molar-refractivity contribution in [1.29, 1.82) is 0 Å². The Morgan fingerprint density at radius 2 is 1.93 bits per heavy atom. The molecular formula is C19H20N4O4. The topological polar surface area (TPSA) is 112 Å². The van der Waals surface area contributed by atoms with Crippen molar-refractivity contribution in [2.24, 2.45) is 0 Å². The smallest absolute Gasteiger partial charge is 0.325 e. The minimum Gasteiger partial charge on any atom is -0.361 e. The largest absolute Gasteiger partial charge is 0.361 e. The van der Waals surface area contributed by atoms with Crippen LogP contribution >= 0.6 is 0 Å². The van der Waals surface area contributed by atoms with Gasteiger partial charge in [0.2, 0.25) is 0 Å². The van der Waals surface area contributed by atoms with Crippen molar-refractivity contribution in [3.05, 3.63) is 73.4 Å². The van der Waals surface area contributed by atoms with E-state index in [-0.39, 0.29) is 5.91 Å². The summed E-state index contributed by atoms with van der Waals surface area (Å²) in [4.78, 5) is 42.7. The van der Waals surface area contributed by atoms with Crippen molar-refractivity contribution in [3.63, 3.8) is 0 Å². The number of hydrogen-bond acceptors (Lipinski definition) is 5. The standard InChI is InChI=1S/C19H20N4O4/c1-10-15(12(3)27-22-10)9-23(4)18(25)14-7-5-6-13(8-14)16-11(2)20-19(26)21-17(16)24/h5-8H,9H2,1-4H3,(H2,20,21,24,26). The molecule has 27 heavy (non-hydrogen) atoms. The van der Waals surface area contributed by atoms with Gasteiger partial charge in [-0.1, -0.05) is 17.3 Å². The van der Waals surface area contributed by atoms with Crippen LogP contribution < -0.4 is 11.2 Å². The number of rotatable bonds is 4. The minimum atomic E-state index is -0.562. The second kappa shape index (κ2) is 7.06. The van der Waals surface area contributed by atoms with E-state index in [1.54, 1.807) is 50.1 Å². The molecule has 2 heterocycles.